The van der Waals surface area contributed by atoms with Gasteiger partial charge in [-0.15, -0.1) is 0 Å². The number of pyridine rings is 1. The summed E-state index contributed by atoms with van der Waals surface area (Å²) in [5.74, 6) is -0.158. The topological polar surface area (TPSA) is 54.0 Å². The van der Waals surface area contributed by atoms with E-state index in [1.165, 1.54) is 5.56 Å². The zero-order chi connectivity index (χ0) is 18.4. The summed E-state index contributed by atoms with van der Waals surface area (Å²) in [6.45, 7) is 4.15. The van der Waals surface area contributed by atoms with Crippen LogP contribution in [0.4, 0.5) is 11.4 Å². The summed E-state index contributed by atoms with van der Waals surface area (Å²) in [7, 11) is 0. The third kappa shape index (κ3) is 4.28. The van der Waals surface area contributed by atoms with Gasteiger partial charge in [0.1, 0.15) is 0 Å². The fraction of sp³-hybridized carbons (Fsp3) is 0.182. The van der Waals surface area contributed by atoms with Crippen LogP contribution in [0.5, 0.6) is 0 Å². The van der Waals surface area contributed by atoms with Crippen molar-refractivity contribution in [1.82, 2.24) is 4.98 Å². The molecule has 3 rings (SSSR count). The maximum atomic E-state index is 12.6. The van der Waals surface area contributed by atoms with Gasteiger partial charge >= 0.3 is 0 Å². The number of nitrogens with one attached hydrogen (secondary N) is 2. The molecule has 2 aromatic carbocycles. The fourth-order valence-corrected chi connectivity index (χ4v) is 2.86. The van der Waals surface area contributed by atoms with Crippen LogP contribution >= 0.6 is 0 Å². The Morgan fingerprint density at radius 2 is 1.77 bits per heavy atom. The summed E-state index contributed by atoms with van der Waals surface area (Å²) in [6.07, 6.45) is 4.18. The van der Waals surface area contributed by atoms with Gasteiger partial charge in [-0.3, -0.25) is 9.78 Å². The molecule has 0 saturated carbocycles. The standard InChI is InChI=1S/C22H23N3O/c1-3-17-9-7-8-12-21(17)25-22(26)19-13-20(15-23-14-19)24-16(2)18-10-5-4-6-11-18/h4-16,24H,3H2,1-2H3,(H,25,26). The van der Waals surface area contributed by atoms with E-state index in [4.69, 9.17) is 0 Å². The van der Waals surface area contributed by atoms with E-state index >= 15 is 0 Å². The number of hydrogen-bond acceptors (Lipinski definition) is 3. The lowest BCUT2D eigenvalue weighted by Gasteiger charge is -2.16. The lowest BCUT2D eigenvalue weighted by atomic mass is 10.1. The number of hydrogen-bond donors (Lipinski definition) is 2. The van der Waals surface area contributed by atoms with Gasteiger partial charge in [-0.05, 0) is 36.6 Å². The SMILES string of the molecule is CCc1ccccc1NC(=O)c1cncc(NC(C)c2ccccc2)c1. The van der Waals surface area contributed by atoms with Crippen LogP contribution in [0.25, 0.3) is 0 Å². The second kappa shape index (κ2) is 8.30. The summed E-state index contributed by atoms with van der Waals surface area (Å²) >= 11 is 0. The second-order valence-corrected chi connectivity index (χ2v) is 6.20. The van der Waals surface area contributed by atoms with Crippen LogP contribution in [-0.4, -0.2) is 10.9 Å². The molecule has 0 aliphatic carbocycles. The lowest BCUT2D eigenvalue weighted by molar-refractivity contribution is 0.102. The van der Waals surface area contributed by atoms with Gasteiger partial charge in [0, 0.05) is 24.1 Å². The number of carbonyl (C=O) groups is 1. The third-order valence-electron chi connectivity index (χ3n) is 4.33. The minimum atomic E-state index is -0.158. The number of rotatable bonds is 6. The Morgan fingerprint density at radius 3 is 2.54 bits per heavy atom. The summed E-state index contributed by atoms with van der Waals surface area (Å²) in [6, 6.07) is 20.0. The number of aromatic nitrogens is 1. The first-order valence-corrected chi connectivity index (χ1v) is 8.83. The van der Waals surface area contributed by atoms with E-state index in [-0.39, 0.29) is 11.9 Å². The van der Waals surface area contributed by atoms with Crippen molar-refractivity contribution in [3.05, 3.63) is 89.7 Å². The molecule has 1 heterocycles. The third-order valence-corrected chi connectivity index (χ3v) is 4.33. The molecular formula is C22H23N3O. The Kier molecular flexibility index (Phi) is 5.64. The molecule has 26 heavy (non-hydrogen) atoms. The van der Waals surface area contributed by atoms with E-state index in [2.05, 4.69) is 41.6 Å². The van der Waals surface area contributed by atoms with Crippen LogP contribution in [-0.2, 0) is 6.42 Å². The van der Waals surface area contributed by atoms with Crippen LogP contribution in [0.1, 0.15) is 41.4 Å². The minimum Gasteiger partial charge on any atom is -0.377 e. The first-order chi connectivity index (χ1) is 12.7. The fourth-order valence-electron chi connectivity index (χ4n) is 2.86. The molecule has 0 fully saturated rings. The molecule has 1 amide bonds. The highest BCUT2D eigenvalue weighted by Gasteiger charge is 2.11. The molecule has 0 spiro atoms. The number of amides is 1. The number of carbonyl (C=O) groups excluding carboxylic acids is 1. The van der Waals surface area contributed by atoms with Crippen molar-refractivity contribution in [1.29, 1.82) is 0 Å². The molecule has 4 heteroatoms. The van der Waals surface area contributed by atoms with Gasteiger partial charge in [0.05, 0.1) is 11.3 Å². The van der Waals surface area contributed by atoms with E-state index in [1.54, 1.807) is 12.4 Å². The van der Waals surface area contributed by atoms with E-state index in [9.17, 15) is 4.79 Å². The van der Waals surface area contributed by atoms with E-state index in [1.807, 2.05) is 48.5 Å². The highest BCUT2D eigenvalue weighted by molar-refractivity contribution is 6.04. The summed E-state index contributed by atoms with van der Waals surface area (Å²) in [5, 5.41) is 6.38. The van der Waals surface area contributed by atoms with E-state index in [0.29, 0.717) is 5.56 Å². The quantitative estimate of drug-likeness (QED) is 0.656. The number of nitrogens with zero attached hydrogens (tertiary/aromatic N) is 1. The van der Waals surface area contributed by atoms with E-state index < -0.39 is 0 Å². The molecular weight excluding hydrogens is 322 g/mol. The zero-order valence-corrected chi connectivity index (χ0v) is 15.1. The molecule has 1 atom stereocenters. The molecule has 1 aromatic heterocycles. The van der Waals surface area contributed by atoms with Crippen LogP contribution < -0.4 is 10.6 Å². The van der Waals surface area contributed by atoms with Crippen molar-refractivity contribution in [2.75, 3.05) is 10.6 Å². The molecule has 2 N–H and O–H groups in total. The van der Waals surface area contributed by atoms with Crippen molar-refractivity contribution in [3.63, 3.8) is 0 Å². The van der Waals surface area contributed by atoms with Gasteiger partial charge < -0.3 is 10.6 Å². The molecule has 4 nitrogen and oxygen atoms in total. The first kappa shape index (κ1) is 17.7. The first-order valence-electron chi connectivity index (χ1n) is 8.83. The van der Waals surface area contributed by atoms with Crippen molar-refractivity contribution in [2.45, 2.75) is 26.3 Å². The second-order valence-electron chi connectivity index (χ2n) is 6.20. The Labute approximate surface area is 154 Å². The van der Waals surface area contributed by atoms with Gasteiger partial charge in [0.2, 0.25) is 0 Å². The van der Waals surface area contributed by atoms with Gasteiger partial charge in [-0.2, -0.15) is 0 Å². The zero-order valence-electron chi connectivity index (χ0n) is 15.1. The minimum absolute atomic E-state index is 0.122. The molecule has 0 aliphatic rings. The molecule has 0 radical (unpaired) electrons. The maximum Gasteiger partial charge on any atom is 0.257 e. The average molecular weight is 345 g/mol. The molecule has 3 aromatic rings. The van der Waals surface area contributed by atoms with Crippen molar-refractivity contribution >= 4 is 17.3 Å². The lowest BCUT2D eigenvalue weighted by Crippen LogP contribution is -2.14. The number of para-hydroxylation sites is 1. The Balaban J connectivity index is 1.73. The summed E-state index contributed by atoms with van der Waals surface area (Å²) < 4.78 is 0. The van der Waals surface area contributed by atoms with Crippen molar-refractivity contribution in [2.24, 2.45) is 0 Å². The van der Waals surface area contributed by atoms with Crippen LogP contribution in [0.3, 0.4) is 0 Å². The highest BCUT2D eigenvalue weighted by atomic mass is 16.1. The monoisotopic (exact) mass is 345 g/mol. The Hall–Kier alpha value is -3.14. The molecule has 0 bridgehead atoms. The number of aryl methyl sites for hydroxylation is 1. The van der Waals surface area contributed by atoms with Crippen molar-refractivity contribution < 1.29 is 4.79 Å². The molecule has 1 unspecified atom stereocenters. The van der Waals surface area contributed by atoms with Gasteiger partial charge in [-0.1, -0.05) is 55.5 Å². The summed E-state index contributed by atoms with van der Waals surface area (Å²) in [5.41, 5.74) is 4.48. The smallest absolute Gasteiger partial charge is 0.257 e. The van der Waals surface area contributed by atoms with Gasteiger partial charge in [0.25, 0.3) is 5.91 Å². The predicted octanol–water partition coefficient (Wildman–Crippen LogP) is 5.07. The van der Waals surface area contributed by atoms with Crippen LogP contribution in [0, 0.1) is 0 Å². The average Bonchev–Trinajstić information content (AvgIpc) is 2.69. The normalized spacial score (nSPS) is 11.6. The molecule has 0 aliphatic heterocycles. The Morgan fingerprint density at radius 1 is 1.04 bits per heavy atom. The highest BCUT2D eigenvalue weighted by Crippen LogP contribution is 2.20. The predicted molar refractivity (Wildman–Crippen MR) is 106 cm³/mol. The van der Waals surface area contributed by atoms with Crippen LogP contribution in [0.2, 0.25) is 0 Å². The van der Waals surface area contributed by atoms with Gasteiger partial charge in [-0.25, -0.2) is 0 Å². The molecule has 0 saturated heterocycles. The molecule has 132 valence electrons. The van der Waals surface area contributed by atoms with Gasteiger partial charge in [0.15, 0.2) is 0 Å². The maximum absolute atomic E-state index is 12.6. The Bertz CT molecular complexity index is 877. The number of anilines is 2. The van der Waals surface area contributed by atoms with E-state index in [0.717, 1.165) is 23.4 Å². The van der Waals surface area contributed by atoms with Crippen molar-refractivity contribution in [3.8, 4) is 0 Å². The largest absolute Gasteiger partial charge is 0.377 e. The van der Waals surface area contributed by atoms with Crippen LogP contribution in [0.15, 0.2) is 73.1 Å². The summed E-state index contributed by atoms with van der Waals surface area (Å²) in [4.78, 5) is 16.8. The number of benzene rings is 2.